The van der Waals surface area contributed by atoms with E-state index in [9.17, 15) is 4.79 Å². The van der Waals surface area contributed by atoms with E-state index in [1.165, 1.54) is 0 Å². The van der Waals surface area contributed by atoms with Gasteiger partial charge in [-0.3, -0.25) is 4.79 Å². The van der Waals surface area contributed by atoms with E-state index in [2.05, 4.69) is 4.90 Å². The van der Waals surface area contributed by atoms with Crippen LogP contribution in [0.4, 0.5) is 0 Å². The van der Waals surface area contributed by atoms with Crippen LogP contribution in [-0.2, 0) is 9.53 Å². The first-order valence-corrected chi connectivity index (χ1v) is 6.08. The summed E-state index contributed by atoms with van der Waals surface area (Å²) >= 11 is 0. The van der Waals surface area contributed by atoms with Crippen molar-refractivity contribution in [3.8, 4) is 0 Å². The number of carbonyl (C=O) groups is 1. The van der Waals surface area contributed by atoms with E-state index >= 15 is 0 Å². The molecule has 1 aliphatic rings. The number of nitrogens with two attached hydrogens (primary N) is 1. The highest BCUT2D eigenvalue weighted by Gasteiger charge is 2.35. The van der Waals surface area contributed by atoms with Crippen molar-refractivity contribution in [1.29, 1.82) is 0 Å². The van der Waals surface area contributed by atoms with Crippen LogP contribution in [-0.4, -0.2) is 67.2 Å². The highest BCUT2D eigenvalue weighted by molar-refractivity contribution is 5.85. The molecule has 2 N–H and O–H groups in total. The van der Waals surface area contributed by atoms with E-state index in [1.54, 1.807) is 13.8 Å². The Kier molecular flexibility index (Phi) is 4.52. The van der Waals surface area contributed by atoms with Gasteiger partial charge in [0.25, 0.3) is 0 Å². The molecule has 1 aliphatic heterocycles. The zero-order chi connectivity index (χ0) is 13.2. The lowest BCUT2D eigenvalue weighted by Gasteiger charge is -2.41. The van der Waals surface area contributed by atoms with Crippen LogP contribution < -0.4 is 5.73 Å². The molecule has 2 unspecified atom stereocenters. The van der Waals surface area contributed by atoms with E-state index in [4.69, 9.17) is 10.5 Å². The summed E-state index contributed by atoms with van der Waals surface area (Å²) in [4.78, 5) is 16.1. The summed E-state index contributed by atoms with van der Waals surface area (Å²) in [6.45, 7) is 7.52. The Bertz CT molecular complexity index is 273. The quantitative estimate of drug-likeness (QED) is 0.752. The molecule has 1 saturated heterocycles. The number of morpholine rings is 1. The largest absolute Gasteiger partial charge is 0.373 e. The molecule has 17 heavy (non-hydrogen) atoms. The van der Waals surface area contributed by atoms with Crippen molar-refractivity contribution in [2.75, 3.05) is 33.8 Å². The van der Waals surface area contributed by atoms with Gasteiger partial charge < -0.3 is 20.3 Å². The van der Waals surface area contributed by atoms with Crippen LogP contribution in [0, 0.1) is 0 Å². The van der Waals surface area contributed by atoms with E-state index in [-0.39, 0.29) is 18.1 Å². The van der Waals surface area contributed by atoms with Crippen LogP contribution >= 0.6 is 0 Å². The van der Waals surface area contributed by atoms with Gasteiger partial charge in [-0.15, -0.1) is 0 Å². The average molecular weight is 243 g/mol. The molecular formula is C12H25N3O2. The van der Waals surface area contributed by atoms with Crippen molar-refractivity contribution in [2.45, 2.75) is 38.5 Å². The molecule has 2 atom stereocenters. The summed E-state index contributed by atoms with van der Waals surface area (Å²) in [5, 5.41) is 0. The molecule has 1 rings (SSSR count). The zero-order valence-electron chi connectivity index (χ0n) is 11.6. The first-order valence-electron chi connectivity index (χ1n) is 6.08. The maximum atomic E-state index is 12.2. The molecule has 0 aliphatic carbocycles. The molecule has 100 valence electrons. The molecule has 0 bridgehead atoms. The molecule has 0 aromatic rings. The second-order valence-corrected chi connectivity index (χ2v) is 5.75. The number of rotatable bonds is 3. The highest BCUT2D eigenvalue weighted by Crippen LogP contribution is 2.16. The van der Waals surface area contributed by atoms with Gasteiger partial charge >= 0.3 is 0 Å². The maximum absolute atomic E-state index is 12.2. The smallest absolute Gasteiger partial charge is 0.242 e. The Balaban J connectivity index is 2.67. The third kappa shape index (κ3) is 3.94. The number of carbonyl (C=O) groups excluding carboxylic acids is 1. The summed E-state index contributed by atoms with van der Waals surface area (Å²) < 4.78 is 5.72. The SMILES string of the molecule is CC1COC(CN(C)C)CN1C(=O)C(C)(C)N. The Morgan fingerprint density at radius 3 is 2.59 bits per heavy atom. The summed E-state index contributed by atoms with van der Waals surface area (Å²) in [5.41, 5.74) is 5.07. The van der Waals surface area contributed by atoms with Gasteiger partial charge in [0.2, 0.25) is 5.91 Å². The van der Waals surface area contributed by atoms with Gasteiger partial charge in [0.15, 0.2) is 0 Å². The summed E-state index contributed by atoms with van der Waals surface area (Å²) in [6.07, 6.45) is 0.0764. The van der Waals surface area contributed by atoms with E-state index in [1.807, 2.05) is 25.9 Å². The number of nitrogens with zero attached hydrogens (tertiary/aromatic N) is 2. The molecule has 0 radical (unpaired) electrons. The molecule has 1 fully saturated rings. The summed E-state index contributed by atoms with van der Waals surface area (Å²) in [7, 11) is 4.00. The number of likely N-dealkylation sites (N-methyl/N-ethyl adjacent to an activating group) is 1. The predicted octanol–water partition coefficient (Wildman–Crippen LogP) is -0.0988. The first kappa shape index (κ1) is 14.4. The van der Waals surface area contributed by atoms with Crippen molar-refractivity contribution in [2.24, 2.45) is 5.73 Å². The third-order valence-corrected chi connectivity index (χ3v) is 2.89. The Morgan fingerprint density at radius 2 is 2.12 bits per heavy atom. The van der Waals surface area contributed by atoms with Crippen molar-refractivity contribution in [3.63, 3.8) is 0 Å². The molecule has 1 amide bonds. The van der Waals surface area contributed by atoms with Crippen LogP contribution in [0.15, 0.2) is 0 Å². The Morgan fingerprint density at radius 1 is 1.53 bits per heavy atom. The molecule has 5 heteroatoms. The third-order valence-electron chi connectivity index (χ3n) is 2.89. The normalized spacial score (nSPS) is 26.4. The molecule has 0 aromatic heterocycles. The number of hydrogen-bond acceptors (Lipinski definition) is 4. The van der Waals surface area contributed by atoms with Crippen LogP contribution in [0.2, 0.25) is 0 Å². The fourth-order valence-electron chi connectivity index (χ4n) is 1.99. The zero-order valence-corrected chi connectivity index (χ0v) is 11.6. The molecule has 5 nitrogen and oxygen atoms in total. The standard InChI is InChI=1S/C12H25N3O2/c1-9-8-17-10(6-14(4)5)7-15(9)11(16)12(2,3)13/h9-10H,6-8,13H2,1-5H3. The number of ether oxygens (including phenoxy) is 1. The predicted molar refractivity (Wildman–Crippen MR) is 67.7 cm³/mol. The summed E-state index contributed by atoms with van der Waals surface area (Å²) in [5.74, 6) is -0.00273. The van der Waals surface area contributed by atoms with Crippen molar-refractivity contribution < 1.29 is 9.53 Å². The minimum absolute atomic E-state index is 0.00273. The summed E-state index contributed by atoms with van der Waals surface area (Å²) in [6, 6.07) is 0.101. The fourth-order valence-corrected chi connectivity index (χ4v) is 1.99. The van der Waals surface area contributed by atoms with Gasteiger partial charge in [0.05, 0.1) is 24.3 Å². The average Bonchev–Trinajstić information content (AvgIpc) is 2.18. The van der Waals surface area contributed by atoms with Gasteiger partial charge in [0.1, 0.15) is 0 Å². The van der Waals surface area contributed by atoms with E-state index in [0.717, 1.165) is 6.54 Å². The van der Waals surface area contributed by atoms with Crippen molar-refractivity contribution in [1.82, 2.24) is 9.80 Å². The monoisotopic (exact) mass is 243 g/mol. The van der Waals surface area contributed by atoms with Gasteiger partial charge in [-0.25, -0.2) is 0 Å². The van der Waals surface area contributed by atoms with E-state index in [0.29, 0.717) is 13.2 Å². The van der Waals surface area contributed by atoms with Crippen LogP contribution in [0.3, 0.4) is 0 Å². The molecule has 0 aromatic carbocycles. The van der Waals surface area contributed by atoms with Gasteiger partial charge in [0, 0.05) is 13.1 Å². The minimum Gasteiger partial charge on any atom is -0.373 e. The fraction of sp³-hybridized carbons (Fsp3) is 0.917. The first-order chi connectivity index (χ1) is 7.71. The molecule has 0 spiro atoms. The lowest BCUT2D eigenvalue weighted by atomic mass is 10.0. The minimum atomic E-state index is -0.811. The van der Waals surface area contributed by atoms with Crippen LogP contribution in [0.5, 0.6) is 0 Å². The molecule has 0 saturated carbocycles. The number of amides is 1. The second-order valence-electron chi connectivity index (χ2n) is 5.75. The van der Waals surface area contributed by atoms with Crippen LogP contribution in [0.25, 0.3) is 0 Å². The van der Waals surface area contributed by atoms with Crippen molar-refractivity contribution >= 4 is 5.91 Å². The maximum Gasteiger partial charge on any atom is 0.242 e. The van der Waals surface area contributed by atoms with Crippen molar-refractivity contribution in [3.05, 3.63) is 0 Å². The van der Waals surface area contributed by atoms with E-state index < -0.39 is 5.54 Å². The van der Waals surface area contributed by atoms with Gasteiger partial charge in [-0.05, 0) is 34.9 Å². The number of hydrogen-bond donors (Lipinski definition) is 1. The topological polar surface area (TPSA) is 58.8 Å². The molecule has 1 heterocycles. The lowest BCUT2D eigenvalue weighted by molar-refractivity contribution is -0.149. The highest BCUT2D eigenvalue weighted by atomic mass is 16.5. The molecular weight excluding hydrogens is 218 g/mol. The van der Waals surface area contributed by atoms with Gasteiger partial charge in [-0.2, -0.15) is 0 Å². The Hall–Kier alpha value is -0.650. The van der Waals surface area contributed by atoms with Crippen LogP contribution in [0.1, 0.15) is 20.8 Å². The Labute approximate surface area is 104 Å². The lowest BCUT2D eigenvalue weighted by Crippen LogP contribution is -2.60. The second kappa shape index (κ2) is 5.33. The van der Waals surface area contributed by atoms with Gasteiger partial charge in [-0.1, -0.05) is 0 Å².